The molecule has 1 aromatic rings. The molecule has 1 saturated heterocycles. The normalized spacial score (nSPS) is 25.3. The summed E-state index contributed by atoms with van der Waals surface area (Å²) in [5.74, 6) is 2.95. The topological polar surface area (TPSA) is 51.0 Å². The van der Waals surface area contributed by atoms with E-state index in [1.54, 1.807) is 0 Å². The molecule has 3 fully saturated rings. The van der Waals surface area contributed by atoms with E-state index >= 15 is 0 Å². The average molecular weight is 345 g/mol. The molecule has 0 radical (unpaired) electrons. The minimum absolute atomic E-state index is 0.147. The molecule has 1 amide bonds. The van der Waals surface area contributed by atoms with E-state index in [1.807, 2.05) is 6.33 Å². The summed E-state index contributed by atoms with van der Waals surface area (Å²) >= 11 is 0. The van der Waals surface area contributed by atoms with Gasteiger partial charge in [-0.1, -0.05) is 32.1 Å². The fourth-order valence-corrected chi connectivity index (χ4v) is 4.69. The Morgan fingerprint density at radius 3 is 2.60 bits per heavy atom. The molecule has 138 valence electrons. The van der Waals surface area contributed by atoms with E-state index in [4.69, 9.17) is 0 Å². The van der Waals surface area contributed by atoms with Crippen LogP contribution in [0.15, 0.2) is 6.33 Å². The van der Waals surface area contributed by atoms with E-state index in [2.05, 4.69) is 19.7 Å². The largest absolute Gasteiger partial charge is 0.332 e. The van der Waals surface area contributed by atoms with Crippen LogP contribution in [0.4, 0.5) is 0 Å². The van der Waals surface area contributed by atoms with Crippen molar-refractivity contribution in [3.63, 3.8) is 0 Å². The lowest BCUT2D eigenvalue weighted by atomic mass is 9.86. The van der Waals surface area contributed by atoms with Gasteiger partial charge in [0.15, 0.2) is 5.82 Å². The SMILES string of the molecule is O=C(CCC1CCCCC1)N1CCCCC1c1nncn1CC1CC1. The van der Waals surface area contributed by atoms with E-state index in [0.29, 0.717) is 5.91 Å². The maximum atomic E-state index is 13.0. The molecule has 2 aliphatic carbocycles. The van der Waals surface area contributed by atoms with Gasteiger partial charge in [0.2, 0.25) is 5.91 Å². The molecular formula is C20H32N4O. The van der Waals surface area contributed by atoms with Crippen LogP contribution in [0, 0.1) is 11.8 Å². The molecule has 1 atom stereocenters. The molecule has 4 rings (SSSR count). The van der Waals surface area contributed by atoms with Crippen LogP contribution in [0.1, 0.15) is 88.9 Å². The second kappa shape index (κ2) is 7.88. The van der Waals surface area contributed by atoms with Crippen molar-refractivity contribution in [1.29, 1.82) is 0 Å². The zero-order chi connectivity index (χ0) is 17.1. The molecule has 3 aliphatic rings. The van der Waals surface area contributed by atoms with Gasteiger partial charge in [0.25, 0.3) is 0 Å². The number of carbonyl (C=O) groups is 1. The Morgan fingerprint density at radius 1 is 1.00 bits per heavy atom. The molecule has 0 aromatic carbocycles. The fraction of sp³-hybridized carbons (Fsp3) is 0.850. The molecule has 5 heteroatoms. The highest BCUT2D eigenvalue weighted by Gasteiger charge is 2.32. The van der Waals surface area contributed by atoms with Gasteiger partial charge in [0, 0.05) is 19.5 Å². The average Bonchev–Trinajstić information content (AvgIpc) is 3.36. The smallest absolute Gasteiger partial charge is 0.223 e. The van der Waals surface area contributed by atoms with E-state index in [-0.39, 0.29) is 6.04 Å². The third kappa shape index (κ3) is 4.24. The van der Waals surface area contributed by atoms with Gasteiger partial charge in [0.05, 0.1) is 6.04 Å². The minimum atomic E-state index is 0.147. The Hall–Kier alpha value is -1.39. The first-order chi connectivity index (χ1) is 12.3. The highest BCUT2D eigenvalue weighted by molar-refractivity contribution is 5.76. The van der Waals surface area contributed by atoms with Gasteiger partial charge in [-0.2, -0.15) is 0 Å². The van der Waals surface area contributed by atoms with Crippen LogP contribution in [0.5, 0.6) is 0 Å². The number of aromatic nitrogens is 3. The zero-order valence-electron chi connectivity index (χ0n) is 15.4. The molecule has 25 heavy (non-hydrogen) atoms. The van der Waals surface area contributed by atoms with E-state index in [0.717, 1.165) is 56.4 Å². The summed E-state index contributed by atoms with van der Waals surface area (Å²) < 4.78 is 2.22. The van der Waals surface area contributed by atoms with Crippen LogP contribution in [-0.2, 0) is 11.3 Å². The molecule has 0 spiro atoms. The van der Waals surface area contributed by atoms with Crippen molar-refractivity contribution in [2.45, 2.75) is 89.6 Å². The van der Waals surface area contributed by atoms with Crippen molar-refractivity contribution >= 4 is 5.91 Å². The summed E-state index contributed by atoms with van der Waals surface area (Å²) in [6, 6.07) is 0.147. The molecule has 1 unspecified atom stereocenters. The van der Waals surface area contributed by atoms with Crippen molar-refractivity contribution in [2.75, 3.05) is 6.54 Å². The third-order valence-corrected chi connectivity index (χ3v) is 6.41. The van der Waals surface area contributed by atoms with Crippen LogP contribution in [-0.4, -0.2) is 32.1 Å². The van der Waals surface area contributed by atoms with Gasteiger partial charge in [0.1, 0.15) is 6.33 Å². The Kier molecular flexibility index (Phi) is 5.37. The third-order valence-electron chi connectivity index (χ3n) is 6.41. The molecule has 2 saturated carbocycles. The summed E-state index contributed by atoms with van der Waals surface area (Å²) in [4.78, 5) is 15.1. The van der Waals surface area contributed by atoms with Crippen molar-refractivity contribution in [2.24, 2.45) is 11.8 Å². The molecule has 1 aliphatic heterocycles. The number of likely N-dealkylation sites (tertiary alicyclic amines) is 1. The van der Waals surface area contributed by atoms with Crippen LogP contribution < -0.4 is 0 Å². The van der Waals surface area contributed by atoms with Crippen molar-refractivity contribution in [3.05, 3.63) is 12.2 Å². The number of hydrogen-bond donors (Lipinski definition) is 0. The zero-order valence-corrected chi connectivity index (χ0v) is 15.4. The molecule has 1 aromatic heterocycles. The summed E-state index contributed by atoms with van der Waals surface area (Å²) in [7, 11) is 0. The van der Waals surface area contributed by atoms with Gasteiger partial charge in [-0.15, -0.1) is 10.2 Å². The first-order valence-corrected chi connectivity index (χ1v) is 10.5. The highest BCUT2D eigenvalue weighted by atomic mass is 16.2. The number of carbonyl (C=O) groups excluding carboxylic acids is 1. The van der Waals surface area contributed by atoms with Crippen LogP contribution in [0.25, 0.3) is 0 Å². The number of piperidine rings is 1. The number of amides is 1. The maximum Gasteiger partial charge on any atom is 0.223 e. The Morgan fingerprint density at radius 2 is 1.80 bits per heavy atom. The van der Waals surface area contributed by atoms with E-state index in [1.165, 1.54) is 51.4 Å². The van der Waals surface area contributed by atoms with Crippen molar-refractivity contribution in [3.8, 4) is 0 Å². The summed E-state index contributed by atoms with van der Waals surface area (Å²) in [6.07, 6.45) is 16.4. The van der Waals surface area contributed by atoms with Gasteiger partial charge >= 0.3 is 0 Å². The lowest BCUT2D eigenvalue weighted by molar-refractivity contribution is -0.135. The van der Waals surface area contributed by atoms with Crippen molar-refractivity contribution < 1.29 is 4.79 Å². The van der Waals surface area contributed by atoms with Gasteiger partial charge in [-0.3, -0.25) is 4.79 Å². The van der Waals surface area contributed by atoms with Crippen LogP contribution in [0.2, 0.25) is 0 Å². The lowest BCUT2D eigenvalue weighted by Gasteiger charge is -2.35. The second-order valence-electron chi connectivity index (χ2n) is 8.43. The maximum absolute atomic E-state index is 13.0. The first kappa shape index (κ1) is 17.0. The van der Waals surface area contributed by atoms with Gasteiger partial charge < -0.3 is 9.47 Å². The van der Waals surface area contributed by atoms with Crippen LogP contribution >= 0.6 is 0 Å². The summed E-state index contributed by atoms with van der Waals surface area (Å²) in [5.41, 5.74) is 0. The monoisotopic (exact) mass is 344 g/mol. The van der Waals surface area contributed by atoms with Crippen LogP contribution in [0.3, 0.4) is 0 Å². The molecular weight excluding hydrogens is 312 g/mol. The number of hydrogen-bond acceptors (Lipinski definition) is 3. The fourth-order valence-electron chi connectivity index (χ4n) is 4.69. The molecule has 0 N–H and O–H groups in total. The van der Waals surface area contributed by atoms with E-state index in [9.17, 15) is 4.79 Å². The molecule has 0 bridgehead atoms. The highest BCUT2D eigenvalue weighted by Crippen LogP contribution is 2.35. The number of rotatable bonds is 6. The Bertz CT molecular complexity index is 574. The van der Waals surface area contributed by atoms with Gasteiger partial charge in [-0.25, -0.2) is 0 Å². The minimum Gasteiger partial charge on any atom is -0.332 e. The number of nitrogens with zero attached hydrogens (tertiary/aromatic N) is 4. The Labute approximate surface area is 151 Å². The molecule has 2 heterocycles. The summed E-state index contributed by atoms with van der Waals surface area (Å²) in [5, 5.41) is 8.59. The Balaban J connectivity index is 1.39. The lowest BCUT2D eigenvalue weighted by Crippen LogP contribution is -2.39. The quantitative estimate of drug-likeness (QED) is 0.780. The van der Waals surface area contributed by atoms with Gasteiger partial charge in [-0.05, 0) is 50.4 Å². The predicted molar refractivity (Wildman–Crippen MR) is 96.9 cm³/mol. The van der Waals surface area contributed by atoms with Crippen molar-refractivity contribution in [1.82, 2.24) is 19.7 Å². The van der Waals surface area contributed by atoms with E-state index < -0.39 is 0 Å². The summed E-state index contributed by atoms with van der Waals surface area (Å²) in [6.45, 7) is 1.92. The standard InChI is InChI=1S/C20H32N4O/c25-19(12-11-16-6-2-1-3-7-16)24-13-5-4-8-18(24)20-22-21-15-23(20)14-17-9-10-17/h15-18H,1-14H2. The second-order valence-corrected chi connectivity index (χ2v) is 8.43. The predicted octanol–water partition coefficient (Wildman–Crippen LogP) is 4.10. The molecule has 5 nitrogen and oxygen atoms in total. The first-order valence-electron chi connectivity index (χ1n) is 10.5.